The first-order valence-corrected chi connectivity index (χ1v) is 8.19. The number of rotatable bonds is 7. The van der Waals surface area contributed by atoms with Crippen molar-refractivity contribution in [2.45, 2.75) is 26.7 Å². The van der Waals surface area contributed by atoms with E-state index in [2.05, 4.69) is 34.0 Å². The van der Waals surface area contributed by atoms with Gasteiger partial charge in [0.2, 0.25) is 5.95 Å². The fourth-order valence-corrected chi connectivity index (χ4v) is 2.63. The summed E-state index contributed by atoms with van der Waals surface area (Å²) in [5.41, 5.74) is 0.737. The third-order valence-corrected chi connectivity index (χ3v) is 3.68. The predicted molar refractivity (Wildman–Crippen MR) is 94.6 cm³/mol. The zero-order valence-electron chi connectivity index (χ0n) is 12.8. The first-order valence-electron chi connectivity index (χ1n) is 7.44. The van der Waals surface area contributed by atoms with Gasteiger partial charge in [-0.1, -0.05) is 37.0 Å². The van der Waals surface area contributed by atoms with Gasteiger partial charge in [0, 0.05) is 24.3 Å². The van der Waals surface area contributed by atoms with Crippen LogP contribution in [0.5, 0.6) is 0 Å². The van der Waals surface area contributed by atoms with Crippen molar-refractivity contribution in [2.75, 3.05) is 23.3 Å². The van der Waals surface area contributed by atoms with Gasteiger partial charge in [0.25, 0.3) is 0 Å². The predicted octanol–water partition coefficient (Wildman–Crippen LogP) is 5.15. The van der Waals surface area contributed by atoms with Crippen LogP contribution in [-0.4, -0.2) is 23.1 Å². The smallest absolute Gasteiger partial charge is 0.229 e. The zero-order chi connectivity index (χ0) is 15.9. The van der Waals surface area contributed by atoms with Gasteiger partial charge in [-0.3, -0.25) is 0 Å². The minimum atomic E-state index is 0.527. The van der Waals surface area contributed by atoms with E-state index in [0.717, 1.165) is 37.4 Å². The van der Waals surface area contributed by atoms with E-state index in [-0.39, 0.29) is 0 Å². The number of nitrogens with one attached hydrogen (secondary N) is 1. The molecule has 0 amide bonds. The van der Waals surface area contributed by atoms with Gasteiger partial charge in [0.1, 0.15) is 5.82 Å². The van der Waals surface area contributed by atoms with Crippen molar-refractivity contribution in [1.82, 2.24) is 9.97 Å². The second-order valence-electron chi connectivity index (χ2n) is 4.97. The largest absolute Gasteiger partial charge is 0.356 e. The molecule has 1 heterocycles. The molecule has 0 atom stereocenters. The Morgan fingerprint density at radius 1 is 1.09 bits per heavy atom. The van der Waals surface area contributed by atoms with Crippen LogP contribution in [0.1, 0.15) is 26.7 Å². The standard InChI is InChI=1S/C16H20Cl2N4/c1-3-9-22(10-4-2)15-7-8-19-16(21-15)20-14-6-5-12(17)11-13(14)18/h5-8,11H,3-4,9-10H2,1-2H3,(H,19,20,21). The Hall–Kier alpha value is -1.52. The van der Waals surface area contributed by atoms with E-state index in [1.54, 1.807) is 18.3 Å². The molecule has 0 spiro atoms. The fourth-order valence-electron chi connectivity index (χ4n) is 2.18. The summed E-state index contributed by atoms with van der Waals surface area (Å²) in [4.78, 5) is 11.1. The molecule has 1 aromatic carbocycles. The maximum absolute atomic E-state index is 6.17. The quantitative estimate of drug-likeness (QED) is 0.757. The van der Waals surface area contributed by atoms with Crippen molar-refractivity contribution in [3.8, 4) is 0 Å². The lowest BCUT2D eigenvalue weighted by Gasteiger charge is -2.22. The highest BCUT2D eigenvalue weighted by Gasteiger charge is 2.09. The van der Waals surface area contributed by atoms with Crippen LogP contribution in [0.3, 0.4) is 0 Å². The average molecular weight is 339 g/mol. The van der Waals surface area contributed by atoms with E-state index in [9.17, 15) is 0 Å². The first-order chi connectivity index (χ1) is 10.6. The van der Waals surface area contributed by atoms with Gasteiger partial charge in [0.15, 0.2) is 0 Å². The maximum Gasteiger partial charge on any atom is 0.229 e. The Morgan fingerprint density at radius 2 is 1.82 bits per heavy atom. The van der Waals surface area contributed by atoms with E-state index in [1.165, 1.54) is 0 Å². The van der Waals surface area contributed by atoms with Crippen LogP contribution in [0.4, 0.5) is 17.5 Å². The molecule has 0 aliphatic heterocycles. The van der Waals surface area contributed by atoms with Crippen molar-refractivity contribution in [3.05, 3.63) is 40.5 Å². The van der Waals surface area contributed by atoms with Crippen molar-refractivity contribution in [3.63, 3.8) is 0 Å². The Kier molecular flexibility index (Phi) is 6.28. The molecule has 2 aromatic rings. The van der Waals surface area contributed by atoms with Gasteiger partial charge in [-0.2, -0.15) is 4.98 Å². The summed E-state index contributed by atoms with van der Waals surface area (Å²) in [6.45, 7) is 6.28. The molecule has 0 saturated carbocycles. The van der Waals surface area contributed by atoms with Crippen LogP contribution in [0.2, 0.25) is 10.0 Å². The van der Waals surface area contributed by atoms with Crippen molar-refractivity contribution >= 4 is 40.7 Å². The molecule has 22 heavy (non-hydrogen) atoms. The summed E-state index contributed by atoms with van der Waals surface area (Å²) in [7, 11) is 0. The Morgan fingerprint density at radius 3 is 2.45 bits per heavy atom. The van der Waals surface area contributed by atoms with Crippen LogP contribution in [0, 0.1) is 0 Å². The molecule has 0 radical (unpaired) electrons. The molecular weight excluding hydrogens is 319 g/mol. The van der Waals surface area contributed by atoms with Gasteiger partial charge in [-0.05, 0) is 37.1 Å². The molecule has 0 bridgehead atoms. The van der Waals surface area contributed by atoms with Gasteiger partial charge in [-0.25, -0.2) is 4.98 Å². The summed E-state index contributed by atoms with van der Waals surface area (Å²) >= 11 is 12.1. The van der Waals surface area contributed by atoms with Gasteiger partial charge in [0.05, 0.1) is 10.7 Å². The molecule has 4 nitrogen and oxygen atoms in total. The molecule has 0 unspecified atom stereocenters. The highest BCUT2D eigenvalue weighted by atomic mass is 35.5. The third kappa shape index (κ3) is 4.49. The zero-order valence-corrected chi connectivity index (χ0v) is 14.3. The highest BCUT2D eigenvalue weighted by Crippen LogP contribution is 2.27. The van der Waals surface area contributed by atoms with Crippen LogP contribution in [0.15, 0.2) is 30.5 Å². The number of aromatic nitrogens is 2. The molecule has 0 saturated heterocycles. The summed E-state index contributed by atoms with van der Waals surface area (Å²) in [5.74, 6) is 1.45. The monoisotopic (exact) mass is 338 g/mol. The molecule has 0 fully saturated rings. The molecule has 6 heteroatoms. The third-order valence-electron chi connectivity index (χ3n) is 3.13. The summed E-state index contributed by atoms with van der Waals surface area (Å²) in [6, 6.07) is 7.21. The van der Waals surface area contributed by atoms with E-state index < -0.39 is 0 Å². The topological polar surface area (TPSA) is 41.1 Å². The molecule has 118 valence electrons. The van der Waals surface area contributed by atoms with Gasteiger partial charge < -0.3 is 10.2 Å². The second kappa shape index (κ2) is 8.20. The van der Waals surface area contributed by atoms with E-state index in [4.69, 9.17) is 23.2 Å². The average Bonchev–Trinajstić information content (AvgIpc) is 2.50. The lowest BCUT2D eigenvalue weighted by atomic mass is 10.3. The summed E-state index contributed by atoms with van der Waals surface area (Å²) in [5, 5.41) is 4.28. The Balaban J connectivity index is 2.20. The molecule has 0 aliphatic carbocycles. The van der Waals surface area contributed by atoms with Gasteiger partial charge in [-0.15, -0.1) is 0 Å². The Labute approximate surface area is 141 Å². The molecule has 2 rings (SSSR count). The summed E-state index contributed by atoms with van der Waals surface area (Å²) < 4.78 is 0. The van der Waals surface area contributed by atoms with Gasteiger partial charge >= 0.3 is 0 Å². The molecule has 0 aliphatic rings. The fraction of sp³-hybridized carbons (Fsp3) is 0.375. The molecular formula is C16H20Cl2N4. The van der Waals surface area contributed by atoms with Crippen LogP contribution >= 0.6 is 23.2 Å². The summed E-state index contributed by atoms with van der Waals surface area (Å²) in [6.07, 6.45) is 3.92. The minimum Gasteiger partial charge on any atom is -0.356 e. The molecule has 1 N–H and O–H groups in total. The maximum atomic E-state index is 6.17. The lowest BCUT2D eigenvalue weighted by Crippen LogP contribution is -2.26. The molecule has 1 aromatic heterocycles. The second-order valence-corrected chi connectivity index (χ2v) is 5.82. The van der Waals surface area contributed by atoms with Crippen LogP contribution in [0.25, 0.3) is 0 Å². The highest BCUT2D eigenvalue weighted by molar-refractivity contribution is 6.36. The SMILES string of the molecule is CCCN(CCC)c1ccnc(Nc2ccc(Cl)cc2Cl)n1. The number of anilines is 3. The number of hydrogen-bond donors (Lipinski definition) is 1. The van der Waals surface area contributed by atoms with Crippen LogP contribution < -0.4 is 10.2 Å². The first kappa shape index (κ1) is 16.8. The van der Waals surface area contributed by atoms with Crippen molar-refractivity contribution < 1.29 is 0 Å². The minimum absolute atomic E-state index is 0.527. The normalized spacial score (nSPS) is 10.5. The van der Waals surface area contributed by atoms with Crippen molar-refractivity contribution in [1.29, 1.82) is 0 Å². The number of nitrogens with zero attached hydrogens (tertiary/aromatic N) is 3. The van der Waals surface area contributed by atoms with Crippen LogP contribution in [-0.2, 0) is 0 Å². The van der Waals surface area contributed by atoms with E-state index in [1.807, 2.05) is 12.1 Å². The number of halogens is 2. The Bertz CT molecular complexity index is 613. The number of benzene rings is 1. The van der Waals surface area contributed by atoms with E-state index >= 15 is 0 Å². The lowest BCUT2D eigenvalue weighted by molar-refractivity contribution is 0.733. The van der Waals surface area contributed by atoms with E-state index in [0.29, 0.717) is 16.0 Å². The number of hydrogen-bond acceptors (Lipinski definition) is 4. The van der Waals surface area contributed by atoms with Crippen molar-refractivity contribution in [2.24, 2.45) is 0 Å².